The monoisotopic (exact) mass is 362 g/mol. The van der Waals surface area contributed by atoms with Gasteiger partial charge in [-0.05, 0) is 12.1 Å². The third-order valence-corrected chi connectivity index (χ3v) is 4.37. The average Bonchev–Trinajstić information content (AvgIpc) is 3.12. The Balaban J connectivity index is 1.66. The maximum Gasteiger partial charge on any atom is 0.272 e. The molecule has 2 heterocycles. The number of rotatable bonds is 4. The van der Waals surface area contributed by atoms with Crippen molar-refractivity contribution in [2.24, 2.45) is 0 Å². The molecule has 1 aromatic heterocycles. The first-order valence-electron chi connectivity index (χ1n) is 7.97. The molecule has 25 heavy (non-hydrogen) atoms. The quantitative estimate of drug-likeness (QED) is 0.897. The van der Waals surface area contributed by atoms with Crippen LogP contribution in [-0.2, 0) is 9.53 Å². The van der Waals surface area contributed by atoms with Crippen LogP contribution in [0.3, 0.4) is 0 Å². The number of benzene rings is 1. The fraction of sp³-hybridized carbons (Fsp3) is 0.353. The van der Waals surface area contributed by atoms with Gasteiger partial charge >= 0.3 is 0 Å². The highest BCUT2D eigenvalue weighted by atomic mass is 35.5. The molecule has 0 atom stereocenters. The molecule has 2 aromatic rings. The Morgan fingerprint density at radius 2 is 2.04 bits per heavy atom. The summed E-state index contributed by atoms with van der Waals surface area (Å²) in [5.74, 6) is -0.391. The standard InChI is InChI=1S/C17H19ClN4O3/c1-21(11-16(23)22-6-8-25-9-7-22)17(24)15-10-14(19-20-15)12-4-2-3-5-13(12)18/h2-5,10H,6-9,11H2,1H3,(H,19,20). The number of hydrogen-bond acceptors (Lipinski definition) is 4. The number of carbonyl (C=O) groups is 2. The number of ether oxygens (including phenoxy) is 1. The fourth-order valence-corrected chi connectivity index (χ4v) is 2.86. The first-order valence-corrected chi connectivity index (χ1v) is 8.35. The van der Waals surface area contributed by atoms with E-state index in [0.717, 1.165) is 5.56 Å². The van der Waals surface area contributed by atoms with Crippen molar-refractivity contribution in [3.63, 3.8) is 0 Å². The number of H-pyrrole nitrogens is 1. The average molecular weight is 363 g/mol. The molecule has 0 aliphatic carbocycles. The van der Waals surface area contributed by atoms with E-state index >= 15 is 0 Å². The van der Waals surface area contributed by atoms with Crippen LogP contribution in [0.5, 0.6) is 0 Å². The van der Waals surface area contributed by atoms with Gasteiger partial charge in [0.2, 0.25) is 5.91 Å². The number of likely N-dealkylation sites (N-methyl/N-ethyl adjacent to an activating group) is 1. The number of nitrogens with zero attached hydrogens (tertiary/aromatic N) is 3. The lowest BCUT2D eigenvalue weighted by atomic mass is 10.1. The van der Waals surface area contributed by atoms with Crippen LogP contribution in [0.2, 0.25) is 5.02 Å². The summed E-state index contributed by atoms with van der Waals surface area (Å²) >= 11 is 6.16. The van der Waals surface area contributed by atoms with Crippen molar-refractivity contribution < 1.29 is 14.3 Å². The molecule has 7 nitrogen and oxygen atoms in total. The number of carbonyl (C=O) groups excluding carboxylic acids is 2. The van der Waals surface area contributed by atoms with E-state index in [1.54, 1.807) is 24.1 Å². The molecular weight excluding hydrogens is 344 g/mol. The third-order valence-electron chi connectivity index (χ3n) is 4.04. The van der Waals surface area contributed by atoms with Crippen LogP contribution in [0.1, 0.15) is 10.5 Å². The predicted octanol–water partition coefficient (Wildman–Crippen LogP) is 1.66. The molecule has 132 valence electrons. The Kier molecular flexibility index (Phi) is 5.35. The topological polar surface area (TPSA) is 78.5 Å². The van der Waals surface area contributed by atoms with E-state index in [4.69, 9.17) is 16.3 Å². The number of halogens is 1. The Labute approximate surface area is 150 Å². The normalized spacial score (nSPS) is 14.4. The van der Waals surface area contributed by atoms with E-state index in [2.05, 4.69) is 10.2 Å². The fourth-order valence-electron chi connectivity index (χ4n) is 2.63. The lowest BCUT2D eigenvalue weighted by Gasteiger charge is -2.28. The summed E-state index contributed by atoms with van der Waals surface area (Å²) in [4.78, 5) is 27.8. The lowest BCUT2D eigenvalue weighted by molar-refractivity contribution is -0.135. The molecular formula is C17H19ClN4O3. The van der Waals surface area contributed by atoms with Gasteiger partial charge in [0.1, 0.15) is 5.69 Å². The molecule has 0 radical (unpaired) electrons. The summed E-state index contributed by atoms with van der Waals surface area (Å²) in [5, 5.41) is 7.43. The molecule has 1 saturated heterocycles. The molecule has 1 N–H and O–H groups in total. The van der Waals surface area contributed by atoms with Crippen LogP contribution >= 0.6 is 11.6 Å². The van der Waals surface area contributed by atoms with Gasteiger partial charge in [0.05, 0.1) is 30.5 Å². The smallest absolute Gasteiger partial charge is 0.272 e. The van der Waals surface area contributed by atoms with Gasteiger partial charge in [-0.1, -0.05) is 29.8 Å². The minimum absolute atomic E-state index is 0.0132. The maximum absolute atomic E-state index is 12.5. The molecule has 0 spiro atoms. The van der Waals surface area contributed by atoms with Crippen LogP contribution in [-0.4, -0.2) is 71.7 Å². The van der Waals surface area contributed by atoms with Crippen molar-refractivity contribution >= 4 is 23.4 Å². The molecule has 3 rings (SSSR count). The van der Waals surface area contributed by atoms with Crippen LogP contribution in [0.15, 0.2) is 30.3 Å². The molecule has 1 aliphatic heterocycles. The zero-order valence-electron chi connectivity index (χ0n) is 13.9. The summed E-state index contributed by atoms with van der Waals surface area (Å²) in [7, 11) is 1.59. The van der Waals surface area contributed by atoms with Gasteiger partial charge in [0.15, 0.2) is 0 Å². The van der Waals surface area contributed by atoms with Gasteiger partial charge < -0.3 is 14.5 Å². The van der Waals surface area contributed by atoms with Crippen molar-refractivity contribution in [2.75, 3.05) is 39.9 Å². The van der Waals surface area contributed by atoms with E-state index in [1.165, 1.54) is 4.90 Å². The largest absolute Gasteiger partial charge is 0.378 e. The summed E-state index contributed by atoms with van der Waals surface area (Å²) < 4.78 is 5.23. The number of nitrogens with one attached hydrogen (secondary N) is 1. The molecule has 1 aliphatic rings. The highest BCUT2D eigenvalue weighted by Crippen LogP contribution is 2.26. The van der Waals surface area contributed by atoms with Gasteiger partial charge in [-0.2, -0.15) is 5.10 Å². The highest BCUT2D eigenvalue weighted by Gasteiger charge is 2.22. The van der Waals surface area contributed by atoms with Crippen molar-refractivity contribution in [1.82, 2.24) is 20.0 Å². The van der Waals surface area contributed by atoms with Crippen molar-refractivity contribution in [2.45, 2.75) is 0 Å². The minimum Gasteiger partial charge on any atom is -0.378 e. The Morgan fingerprint density at radius 3 is 2.76 bits per heavy atom. The van der Waals surface area contributed by atoms with E-state index in [9.17, 15) is 9.59 Å². The van der Waals surface area contributed by atoms with Crippen LogP contribution in [0.4, 0.5) is 0 Å². The van der Waals surface area contributed by atoms with Crippen LogP contribution in [0.25, 0.3) is 11.3 Å². The first-order chi connectivity index (χ1) is 12.1. The summed E-state index contributed by atoms with van der Waals surface area (Å²) in [6, 6.07) is 8.91. The molecule has 0 bridgehead atoms. The maximum atomic E-state index is 12.5. The van der Waals surface area contributed by atoms with E-state index in [-0.39, 0.29) is 18.4 Å². The second-order valence-corrected chi connectivity index (χ2v) is 6.21. The Morgan fingerprint density at radius 1 is 1.32 bits per heavy atom. The zero-order chi connectivity index (χ0) is 17.8. The SMILES string of the molecule is CN(CC(=O)N1CCOCC1)C(=O)c1cc(-c2ccccc2Cl)n[nH]1. The van der Waals surface area contributed by atoms with Gasteiger partial charge in [-0.3, -0.25) is 14.7 Å². The van der Waals surface area contributed by atoms with Gasteiger partial charge in [0, 0.05) is 25.7 Å². The van der Waals surface area contributed by atoms with Crippen LogP contribution in [0, 0.1) is 0 Å². The van der Waals surface area contributed by atoms with E-state index < -0.39 is 0 Å². The summed E-state index contributed by atoms with van der Waals surface area (Å²) in [6.45, 7) is 2.19. The highest BCUT2D eigenvalue weighted by molar-refractivity contribution is 6.33. The summed E-state index contributed by atoms with van der Waals surface area (Å²) in [6.07, 6.45) is 0. The number of aromatic amines is 1. The van der Waals surface area contributed by atoms with Crippen molar-refractivity contribution in [3.05, 3.63) is 41.0 Å². The zero-order valence-corrected chi connectivity index (χ0v) is 14.6. The molecule has 8 heteroatoms. The van der Waals surface area contributed by atoms with Crippen molar-refractivity contribution in [1.29, 1.82) is 0 Å². The Bertz CT molecular complexity index is 771. The number of aromatic nitrogens is 2. The summed E-state index contributed by atoms with van der Waals surface area (Å²) in [5.41, 5.74) is 1.64. The molecule has 1 fully saturated rings. The van der Waals surface area contributed by atoms with E-state index in [0.29, 0.717) is 42.7 Å². The van der Waals surface area contributed by atoms with E-state index in [1.807, 2.05) is 18.2 Å². The number of amides is 2. The predicted molar refractivity (Wildman–Crippen MR) is 93.4 cm³/mol. The molecule has 2 amide bonds. The van der Waals surface area contributed by atoms with Crippen LogP contribution < -0.4 is 0 Å². The van der Waals surface area contributed by atoms with Gasteiger partial charge in [0.25, 0.3) is 5.91 Å². The second kappa shape index (κ2) is 7.67. The number of morpholine rings is 1. The van der Waals surface area contributed by atoms with Gasteiger partial charge in [-0.15, -0.1) is 0 Å². The Hall–Kier alpha value is -2.38. The third kappa shape index (κ3) is 4.00. The second-order valence-electron chi connectivity index (χ2n) is 5.80. The first kappa shape index (κ1) is 17.4. The van der Waals surface area contributed by atoms with Gasteiger partial charge in [-0.25, -0.2) is 0 Å². The molecule has 0 unspecified atom stereocenters. The number of hydrogen-bond donors (Lipinski definition) is 1. The molecule has 0 saturated carbocycles. The lowest BCUT2D eigenvalue weighted by Crippen LogP contribution is -2.46. The van der Waals surface area contributed by atoms with Crippen molar-refractivity contribution in [3.8, 4) is 11.3 Å². The minimum atomic E-state index is -0.299. The molecule has 1 aromatic carbocycles.